The second-order valence-electron chi connectivity index (χ2n) is 9.34. The molecule has 0 heterocycles. The van der Waals surface area contributed by atoms with Crippen LogP contribution in [-0.2, 0) is 16.1 Å². The number of hydrogen-bond donors (Lipinski definition) is 2. The highest BCUT2D eigenvalue weighted by Crippen LogP contribution is 2.31. The number of ether oxygens (including phenoxy) is 4. The molecule has 0 aliphatic heterocycles. The first kappa shape index (κ1) is 25.6. The number of aliphatic hydroxyl groups is 1. The van der Waals surface area contributed by atoms with Gasteiger partial charge in [0.25, 0.3) is 0 Å². The number of carboxylic acid groups (broad SMARTS) is 1. The molecule has 1 rings (SSSR count). The molecule has 9 heteroatoms. The molecule has 1 aromatic rings. The van der Waals surface area contributed by atoms with E-state index in [1.54, 1.807) is 6.07 Å². The Morgan fingerprint density at radius 2 is 1.31 bits per heavy atom. The van der Waals surface area contributed by atoms with Crippen LogP contribution in [0.1, 0.15) is 15.9 Å². The number of hydrogen-bond acceptors (Lipinski definition) is 6. The standard InChI is InChI=1S/C20H36O7Si2/c1-28(2,3)11-9-24-14-26-17-7-8-18(19(20(22)23)16(17)13-21)27-15-25-10-12-29(4,5)6/h7-8,21H,9-15H2,1-6H3,(H,22,23). The lowest BCUT2D eigenvalue weighted by Gasteiger charge is -2.18. The molecule has 29 heavy (non-hydrogen) atoms. The highest BCUT2D eigenvalue weighted by Gasteiger charge is 2.21. The summed E-state index contributed by atoms with van der Waals surface area (Å²) in [5, 5.41) is 19.3. The maximum absolute atomic E-state index is 11.8. The van der Waals surface area contributed by atoms with E-state index in [1.807, 2.05) is 0 Å². The molecular formula is C20H36O7Si2. The zero-order valence-electron chi connectivity index (χ0n) is 18.5. The lowest BCUT2D eigenvalue weighted by molar-refractivity contribution is 0.0176. The molecule has 0 spiro atoms. The molecule has 1 aromatic carbocycles. The quantitative estimate of drug-likeness (QED) is 0.251. The Balaban J connectivity index is 2.72. The van der Waals surface area contributed by atoms with Gasteiger partial charge < -0.3 is 29.2 Å². The van der Waals surface area contributed by atoms with E-state index in [2.05, 4.69) is 39.3 Å². The summed E-state index contributed by atoms with van der Waals surface area (Å²) in [5.74, 6) is -0.789. The van der Waals surface area contributed by atoms with E-state index >= 15 is 0 Å². The first-order chi connectivity index (χ1) is 13.4. The Morgan fingerprint density at radius 1 is 0.862 bits per heavy atom. The molecule has 166 valence electrons. The Labute approximate surface area is 176 Å². The summed E-state index contributed by atoms with van der Waals surface area (Å²) in [6.45, 7) is 14.1. The maximum Gasteiger partial charge on any atom is 0.339 e. The van der Waals surface area contributed by atoms with Crippen molar-refractivity contribution in [2.24, 2.45) is 0 Å². The van der Waals surface area contributed by atoms with Crippen LogP contribution >= 0.6 is 0 Å². The number of rotatable bonds is 14. The van der Waals surface area contributed by atoms with Gasteiger partial charge in [0.05, 0.1) is 6.61 Å². The van der Waals surface area contributed by atoms with Gasteiger partial charge in [0, 0.05) is 34.9 Å². The predicted molar refractivity (Wildman–Crippen MR) is 119 cm³/mol. The van der Waals surface area contributed by atoms with Crippen molar-refractivity contribution in [2.75, 3.05) is 26.8 Å². The van der Waals surface area contributed by atoms with E-state index in [1.165, 1.54) is 6.07 Å². The van der Waals surface area contributed by atoms with Crippen molar-refractivity contribution >= 4 is 22.1 Å². The molecule has 2 N–H and O–H groups in total. The third-order valence-electron chi connectivity index (χ3n) is 4.19. The van der Waals surface area contributed by atoms with E-state index in [0.29, 0.717) is 13.2 Å². The third-order valence-corrected chi connectivity index (χ3v) is 7.60. The van der Waals surface area contributed by atoms with Crippen LogP contribution in [0.2, 0.25) is 51.4 Å². The van der Waals surface area contributed by atoms with Crippen molar-refractivity contribution < 1.29 is 34.0 Å². The van der Waals surface area contributed by atoms with Crippen molar-refractivity contribution in [1.29, 1.82) is 0 Å². The lowest BCUT2D eigenvalue weighted by atomic mass is 10.1. The number of benzene rings is 1. The maximum atomic E-state index is 11.8. The Hall–Kier alpha value is -1.40. The second kappa shape index (κ2) is 11.7. The molecule has 7 nitrogen and oxygen atoms in total. The summed E-state index contributed by atoms with van der Waals surface area (Å²) >= 11 is 0. The number of carboxylic acids is 1. The highest BCUT2D eigenvalue weighted by atomic mass is 28.3. The molecule has 0 amide bonds. The summed E-state index contributed by atoms with van der Waals surface area (Å²) in [6, 6.07) is 5.10. The molecule has 0 aromatic heterocycles. The van der Waals surface area contributed by atoms with Gasteiger partial charge in [0.15, 0.2) is 13.6 Å². The summed E-state index contributed by atoms with van der Waals surface area (Å²) in [4.78, 5) is 11.8. The lowest BCUT2D eigenvalue weighted by Crippen LogP contribution is -2.22. The Morgan fingerprint density at radius 3 is 1.72 bits per heavy atom. The van der Waals surface area contributed by atoms with Crippen molar-refractivity contribution in [2.45, 2.75) is 58.0 Å². The van der Waals surface area contributed by atoms with Crippen LogP contribution in [0.25, 0.3) is 0 Å². The van der Waals surface area contributed by atoms with E-state index in [4.69, 9.17) is 18.9 Å². The van der Waals surface area contributed by atoms with Gasteiger partial charge in [0.1, 0.15) is 17.1 Å². The second-order valence-corrected chi connectivity index (χ2v) is 20.6. The molecule has 0 unspecified atom stereocenters. The SMILES string of the molecule is C[Si](C)(C)CCOCOc1ccc(OCOCC[Si](C)(C)C)c(C(=O)O)c1CO. The van der Waals surface area contributed by atoms with Gasteiger partial charge in [-0.2, -0.15) is 0 Å². The van der Waals surface area contributed by atoms with Gasteiger partial charge in [0.2, 0.25) is 0 Å². The summed E-state index contributed by atoms with van der Waals surface area (Å²) in [5.41, 5.74) is 0.0341. The Kier molecular flexibility index (Phi) is 10.3. The molecule has 0 aliphatic carbocycles. The van der Waals surface area contributed by atoms with E-state index in [0.717, 1.165) is 12.1 Å². The van der Waals surface area contributed by atoms with Crippen molar-refractivity contribution in [1.82, 2.24) is 0 Å². The van der Waals surface area contributed by atoms with Gasteiger partial charge in [-0.15, -0.1) is 0 Å². The minimum Gasteiger partial charge on any atom is -0.478 e. The van der Waals surface area contributed by atoms with Crippen LogP contribution in [-0.4, -0.2) is 59.1 Å². The van der Waals surface area contributed by atoms with Gasteiger partial charge >= 0.3 is 5.97 Å². The first-order valence-electron chi connectivity index (χ1n) is 9.86. The summed E-state index contributed by atoms with van der Waals surface area (Å²) in [6.07, 6.45) is 0. The fourth-order valence-corrected chi connectivity index (χ4v) is 3.85. The van der Waals surface area contributed by atoms with Gasteiger partial charge in [-0.25, -0.2) is 4.79 Å². The smallest absolute Gasteiger partial charge is 0.339 e. The zero-order chi connectivity index (χ0) is 22.1. The van der Waals surface area contributed by atoms with Crippen molar-refractivity contribution in [3.63, 3.8) is 0 Å². The van der Waals surface area contributed by atoms with E-state index in [-0.39, 0.29) is 36.2 Å². The largest absolute Gasteiger partial charge is 0.478 e. The monoisotopic (exact) mass is 444 g/mol. The molecule has 0 saturated carbocycles. The van der Waals surface area contributed by atoms with Crippen molar-refractivity contribution in [3.05, 3.63) is 23.3 Å². The highest BCUT2D eigenvalue weighted by molar-refractivity contribution is 6.76. The first-order valence-corrected chi connectivity index (χ1v) is 17.3. The normalized spacial score (nSPS) is 12.1. The van der Waals surface area contributed by atoms with Crippen LogP contribution in [0.15, 0.2) is 12.1 Å². The van der Waals surface area contributed by atoms with Crippen LogP contribution in [0.4, 0.5) is 0 Å². The number of aliphatic hydroxyl groups excluding tert-OH is 1. The molecule has 0 aliphatic rings. The van der Waals surface area contributed by atoms with Crippen LogP contribution < -0.4 is 9.47 Å². The third kappa shape index (κ3) is 10.3. The predicted octanol–water partition coefficient (Wildman–Crippen LogP) is 4.26. The topological polar surface area (TPSA) is 94.5 Å². The zero-order valence-corrected chi connectivity index (χ0v) is 20.5. The summed E-state index contributed by atoms with van der Waals surface area (Å²) in [7, 11) is -2.39. The van der Waals surface area contributed by atoms with Crippen LogP contribution in [0, 0.1) is 0 Å². The summed E-state index contributed by atoms with van der Waals surface area (Å²) < 4.78 is 22.0. The fourth-order valence-electron chi connectivity index (χ4n) is 2.34. The van der Waals surface area contributed by atoms with Crippen molar-refractivity contribution in [3.8, 4) is 11.5 Å². The molecule has 0 bridgehead atoms. The van der Waals surface area contributed by atoms with Crippen LogP contribution in [0.3, 0.4) is 0 Å². The van der Waals surface area contributed by atoms with Gasteiger partial charge in [-0.05, 0) is 24.2 Å². The van der Waals surface area contributed by atoms with Crippen LogP contribution in [0.5, 0.6) is 11.5 Å². The molecule has 0 saturated heterocycles. The Bertz CT molecular complexity index is 651. The van der Waals surface area contributed by atoms with Gasteiger partial charge in [-0.3, -0.25) is 0 Å². The average Bonchev–Trinajstić information content (AvgIpc) is 2.59. The molecular weight excluding hydrogens is 408 g/mol. The molecule has 0 atom stereocenters. The minimum absolute atomic E-state index is 0.00343. The van der Waals surface area contributed by atoms with Gasteiger partial charge in [-0.1, -0.05) is 39.3 Å². The minimum atomic E-state index is -1.20. The fraction of sp³-hybridized carbons (Fsp3) is 0.650. The number of aromatic carboxylic acids is 1. The average molecular weight is 445 g/mol. The number of carbonyl (C=O) groups is 1. The molecule has 0 fully saturated rings. The molecule has 0 radical (unpaired) electrons. The van der Waals surface area contributed by atoms with E-state index < -0.39 is 28.7 Å². The van der Waals surface area contributed by atoms with E-state index in [9.17, 15) is 15.0 Å².